The van der Waals surface area contributed by atoms with Crippen molar-refractivity contribution in [3.63, 3.8) is 0 Å². The summed E-state index contributed by atoms with van der Waals surface area (Å²) in [5.41, 5.74) is -1.05. The van der Waals surface area contributed by atoms with Gasteiger partial charge in [0, 0.05) is 13.5 Å². The number of hydrogen-bond donors (Lipinski definition) is 5. The van der Waals surface area contributed by atoms with Gasteiger partial charge in [-0.1, -0.05) is 0 Å². The van der Waals surface area contributed by atoms with Gasteiger partial charge in [0.05, 0.1) is 25.4 Å². The van der Waals surface area contributed by atoms with Crippen molar-refractivity contribution in [2.24, 2.45) is 0 Å². The molecule has 0 unspecified atom stereocenters. The maximum absolute atomic E-state index is 10.9. The zero-order valence-electron chi connectivity index (χ0n) is 8.99. The monoisotopic (exact) mass is 220 g/mol. The summed E-state index contributed by atoms with van der Waals surface area (Å²) in [5.74, 6) is -0.0561. The van der Waals surface area contributed by atoms with Crippen molar-refractivity contribution < 1.29 is 20.1 Å². The van der Waals surface area contributed by atoms with Gasteiger partial charge in [-0.3, -0.25) is 4.79 Å². The molecule has 0 aliphatic rings. The summed E-state index contributed by atoms with van der Waals surface area (Å²) in [7, 11) is 1.56. The van der Waals surface area contributed by atoms with Gasteiger partial charge in [-0.05, 0) is 13.0 Å². The van der Waals surface area contributed by atoms with Crippen LogP contribution in [-0.4, -0.2) is 60.2 Å². The molecular formula is C9H20N2O4. The van der Waals surface area contributed by atoms with Crippen LogP contribution in [0.25, 0.3) is 0 Å². The normalized spacial score (nSPS) is 11.5. The van der Waals surface area contributed by atoms with Crippen molar-refractivity contribution in [3.05, 3.63) is 0 Å². The summed E-state index contributed by atoms with van der Waals surface area (Å²) < 4.78 is 0. The SMILES string of the molecule is CNC(=O)CCCNC(CO)(CO)CO. The predicted octanol–water partition coefficient (Wildman–Crippen LogP) is -2.18. The summed E-state index contributed by atoms with van der Waals surface area (Å²) in [6.07, 6.45) is 0.962. The van der Waals surface area contributed by atoms with E-state index in [9.17, 15) is 4.79 Å². The molecule has 0 saturated carbocycles. The fourth-order valence-corrected chi connectivity index (χ4v) is 1.05. The zero-order valence-corrected chi connectivity index (χ0v) is 8.99. The Balaban J connectivity index is 3.76. The highest BCUT2D eigenvalue weighted by Gasteiger charge is 2.26. The smallest absolute Gasteiger partial charge is 0.219 e. The van der Waals surface area contributed by atoms with Gasteiger partial charge in [0.25, 0.3) is 0 Å². The van der Waals surface area contributed by atoms with Crippen LogP contribution in [-0.2, 0) is 4.79 Å². The Bertz CT molecular complexity index is 175. The fraction of sp³-hybridized carbons (Fsp3) is 0.889. The highest BCUT2D eigenvalue weighted by atomic mass is 16.3. The van der Waals surface area contributed by atoms with Crippen molar-refractivity contribution in [1.29, 1.82) is 0 Å². The van der Waals surface area contributed by atoms with Crippen LogP contribution in [0.4, 0.5) is 0 Å². The van der Waals surface area contributed by atoms with Gasteiger partial charge >= 0.3 is 0 Å². The first-order valence-electron chi connectivity index (χ1n) is 4.92. The van der Waals surface area contributed by atoms with E-state index in [0.717, 1.165) is 0 Å². The van der Waals surface area contributed by atoms with Gasteiger partial charge in [0.15, 0.2) is 0 Å². The van der Waals surface area contributed by atoms with Gasteiger partial charge in [0.2, 0.25) is 5.91 Å². The van der Waals surface area contributed by atoms with E-state index in [1.807, 2.05) is 0 Å². The molecule has 1 amide bonds. The molecule has 0 aromatic heterocycles. The Morgan fingerprint density at radius 2 is 1.73 bits per heavy atom. The summed E-state index contributed by atoms with van der Waals surface area (Å²) in [5, 5.41) is 32.2. The Morgan fingerprint density at radius 1 is 1.20 bits per heavy atom. The third-order valence-corrected chi connectivity index (χ3v) is 2.27. The van der Waals surface area contributed by atoms with E-state index in [-0.39, 0.29) is 25.7 Å². The summed E-state index contributed by atoms with van der Waals surface area (Å²) in [6.45, 7) is -0.588. The first-order valence-corrected chi connectivity index (χ1v) is 4.92. The molecule has 90 valence electrons. The molecule has 0 rings (SSSR count). The minimum Gasteiger partial charge on any atom is -0.394 e. The van der Waals surface area contributed by atoms with Crippen LogP contribution in [0, 0.1) is 0 Å². The Morgan fingerprint density at radius 3 is 2.13 bits per heavy atom. The lowest BCUT2D eigenvalue weighted by Gasteiger charge is -2.28. The molecule has 0 fully saturated rings. The van der Waals surface area contributed by atoms with Crippen molar-refractivity contribution in [3.8, 4) is 0 Å². The standard InChI is InChI=1S/C9H20N2O4/c1-10-8(15)3-2-4-11-9(5-12,6-13)7-14/h11-14H,2-7H2,1H3,(H,10,15). The van der Waals surface area contributed by atoms with Gasteiger partial charge in [-0.15, -0.1) is 0 Å². The number of nitrogens with one attached hydrogen (secondary N) is 2. The van der Waals surface area contributed by atoms with E-state index >= 15 is 0 Å². The second-order valence-corrected chi connectivity index (χ2v) is 3.46. The minimum absolute atomic E-state index is 0.0561. The molecule has 0 bridgehead atoms. The average molecular weight is 220 g/mol. The quantitative estimate of drug-likeness (QED) is 0.299. The topological polar surface area (TPSA) is 102 Å². The third-order valence-electron chi connectivity index (χ3n) is 2.27. The second-order valence-electron chi connectivity index (χ2n) is 3.46. The van der Waals surface area contributed by atoms with Crippen LogP contribution in [0.3, 0.4) is 0 Å². The third kappa shape index (κ3) is 5.08. The predicted molar refractivity (Wildman–Crippen MR) is 55.3 cm³/mol. The lowest BCUT2D eigenvalue weighted by molar-refractivity contribution is -0.120. The van der Waals surface area contributed by atoms with Gasteiger partial charge in [-0.2, -0.15) is 0 Å². The molecule has 0 aromatic rings. The highest BCUT2D eigenvalue weighted by molar-refractivity contribution is 5.75. The maximum atomic E-state index is 10.9. The molecule has 0 saturated heterocycles. The molecule has 6 heteroatoms. The van der Waals surface area contributed by atoms with Crippen molar-refractivity contribution in [2.45, 2.75) is 18.4 Å². The fourth-order valence-electron chi connectivity index (χ4n) is 1.05. The number of rotatable bonds is 8. The summed E-state index contributed by atoms with van der Waals surface area (Å²) in [4.78, 5) is 10.9. The van der Waals surface area contributed by atoms with Crippen LogP contribution in [0.2, 0.25) is 0 Å². The van der Waals surface area contributed by atoms with Crippen molar-refractivity contribution in [1.82, 2.24) is 10.6 Å². The first kappa shape index (κ1) is 14.3. The van der Waals surface area contributed by atoms with Gasteiger partial charge < -0.3 is 26.0 Å². The summed E-state index contributed by atoms with van der Waals surface area (Å²) in [6, 6.07) is 0. The number of hydrogen-bond acceptors (Lipinski definition) is 5. The van der Waals surface area contributed by atoms with E-state index in [0.29, 0.717) is 19.4 Å². The number of amides is 1. The Hall–Kier alpha value is -0.690. The van der Waals surface area contributed by atoms with E-state index in [1.165, 1.54) is 0 Å². The van der Waals surface area contributed by atoms with E-state index in [2.05, 4.69) is 10.6 Å². The molecule has 0 aromatic carbocycles. The molecule has 6 nitrogen and oxygen atoms in total. The molecule has 0 aliphatic heterocycles. The molecule has 0 spiro atoms. The molecule has 0 heterocycles. The van der Waals surface area contributed by atoms with Crippen molar-refractivity contribution in [2.75, 3.05) is 33.4 Å². The Labute approximate surface area is 89.3 Å². The van der Waals surface area contributed by atoms with Crippen LogP contribution >= 0.6 is 0 Å². The number of carbonyl (C=O) groups is 1. The Kier molecular flexibility index (Phi) is 7.23. The molecule has 15 heavy (non-hydrogen) atoms. The van der Waals surface area contributed by atoms with Crippen LogP contribution in [0.5, 0.6) is 0 Å². The minimum atomic E-state index is -1.05. The molecular weight excluding hydrogens is 200 g/mol. The average Bonchev–Trinajstić information content (AvgIpc) is 2.30. The van der Waals surface area contributed by atoms with E-state index < -0.39 is 5.54 Å². The molecule has 5 N–H and O–H groups in total. The molecule has 0 atom stereocenters. The lowest BCUT2D eigenvalue weighted by atomic mass is 10.0. The van der Waals surface area contributed by atoms with Crippen molar-refractivity contribution >= 4 is 5.91 Å². The van der Waals surface area contributed by atoms with Crippen LogP contribution in [0.15, 0.2) is 0 Å². The number of aliphatic hydroxyl groups is 3. The number of aliphatic hydroxyl groups excluding tert-OH is 3. The highest BCUT2D eigenvalue weighted by Crippen LogP contribution is 2.01. The maximum Gasteiger partial charge on any atom is 0.219 e. The lowest BCUT2D eigenvalue weighted by Crippen LogP contribution is -2.55. The van der Waals surface area contributed by atoms with Gasteiger partial charge in [0.1, 0.15) is 0 Å². The summed E-state index contributed by atoms with van der Waals surface area (Å²) >= 11 is 0. The second kappa shape index (κ2) is 7.58. The van der Waals surface area contributed by atoms with Gasteiger partial charge in [-0.25, -0.2) is 0 Å². The largest absolute Gasteiger partial charge is 0.394 e. The number of carbonyl (C=O) groups excluding carboxylic acids is 1. The van der Waals surface area contributed by atoms with Crippen LogP contribution in [0.1, 0.15) is 12.8 Å². The molecule has 0 radical (unpaired) electrons. The van der Waals surface area contributed by atoms with E-state index in [4.69, 9.17) is 15.3 Å². The zero-order chi connectivity index (χ0) is 11.7. The van der Waals surface area contributed by atoms with Crippen LogP contribution < -0.4 is 10.6 Å². The van der Waals surface area contributed by atoms with E-state index in [1.54, 1.807) is 7.05 Å². The first-order chi connectivity index (χ1) is 7.14. The molecule has 0 aliphatic carbocycles.